The molecule has 0 saturated carbocycles. The molecule has 0 radical (unpaired) electrons. The van der Waals surface area contributed by atoms with Crippen LogP contribution in [0.2, 0.25) is 10.0 Å². The number of nitrogens with zero attached hydrogens (tertiary/aromatic N) is 4. The minimum atomic E-state index is -0.949. The first-order chi connectivity index (χ1) is 29.5. The first kappa shape index (κ1) is 43.9. The van der Waals surface area contributed by atoms with Crippen LogP contribution in [-0.2, 0) is 32.0 Å². The number of methoxy groups -OCH3 is 1. The van der Waals surface area contributed by atoms with Gasteiger partial charge >= 0.3 is 12.2 Å². The van der Waals surface area contributed by atoms with Gasteiger partial charge in [-0.05, 0) is 64.3 Å². The molecule has 3 aromatic heterocycles. The van der Waals surface area contributed by atoms with Crippen LogP contribution in [0.25, 0.3) is 39.2 Å². The third-order valence-corrected chi connectivity index (χ3v) is 11.7. The summed E-state index contributed by atoms with van der Waals surface area (Å²) in [6.45, 7) is 7.17. The van der Waals surface area contributed by atoms with Crippen molar-refractivity contribution >= 4 is 52.8 Å². The molecule has 17 heteroatoms. The molecular weight excluding hydrogens is 837 g/mol. The number of primary amides is 1. The predicted molar refractivity (Wildman–Crippen MR) is 234 cm³/mol. The van der Waals surface area contributed by atoms with Crippen LogP contribution in [0.15, 0.2) is 71.7 Å². The Labute approximate surface area is 367 Å². The van der Waals surface area contributed by atoms with E-state index >= 15 is 0 Å². The van der Waals surface area contributed by atoms with Gasteiger partial charge in [0.25, 0.3) is 5.56 Å². The van der Waals surface area contributed by atoms with Gasteiger partial charge in [-0.1, -0.05) is 65.7 Å². The molecule has 3 atom stereocenters. The Morgan fingerprint density at radius 3 is 2.21 bits per heavy atom. The summed E-state index contributed by atoms with van der Waals surface area (Å²) in [4.78, 5) is 73.9. The van der Waals surface area contributed by atoms with E-state index in [2.05, 4.69) is 10.6 Å². The Morgan fingerprint density at radius 1 is 0.919 bits per heavy atom. The topological polar surface area (TPSA) is 197 Å². The lowest BCUT2D eigenvalue weighted by Gasteiger charge is -2.29. The Balaban J connectivity index is 1.19. The van der Waals surface area contributed by atoms with E-state index in [-0.39, 0.29) is 48.8 Å². The maximum Gasteiger partial charge on any atom is 0.410 e. The number of ether oxygens (including phenoxy) is 3. The van der Waals surface area contributed by atoms with Crippen LogP contribution in [0, 0.1) is 6.92 Å². The molecule has 2 aromatic carbocycles. The van der Waals surface area contributed by atoms with E-state index in [1.165, 1.54) is 16.4 Å². The fourth-order valence-electron chi connectivity index (χ4n) is 7.79. The Kier molecular flexibility index (Phi) is 12.8. The number of hydrogen-bond donors (Lipinski definition) is 3. The van der Waals surface area contributed by atoms with Gasteiger partial charge in [0, 0.05) is 71.4 Å². The van der Waals surface area contributed by atoms with Crippen LogP contribution < -0.4 is 26.7 Å². The summed E-state index contributed by atoms with van der Waals surface area (Å²) in [5, 5.41) is 6.53. The van der Waals surface area contributed by atoms with E-state index in [1.54, 1.807) is 52.1 Å². The number of carbonyl (C=O) groups is 4. The average molecular weight is 885 g/mol. The molecule has 2 fully saturated rings. The van der Waals surface area contributed by atoms with E-state index in [1.807, 2.05) is 42.5 Å². The second kappa shape index (κ2) is 18.0. The number of halogens is 2. The molecule has 5 heterocycles. The van der Waals surface area contributed by atoms with Crippen molar-refractivity contribution in [2.75, 3.05) is 13.7 Å². The summed E-state index contributed by atoms with van der Waals surface area (Å²) in [5.74, 6) is 0.0800. The van der Waals surface area contributed by atoms with Crippen LogP contribution in [0.1, 0.15) is 63.3 Å². The highest BCUT2D eigenvalue weighted by Gasteiger charge is 2.33. The molecule has 4 amide bonds. The summed E-state index contributed by atoms with van der Waals surface area (Å²) in [7, 11) is 1.48. The van der Waals surface area contributed by atoms with Gasteiger partial charge in [0.1, 0.15) is 17.4 Å². The molecule has 4 N–H and O–H groups in total. The Bertz CT molecular complexity index is 2650. The fourth-order valence-corrected chi connectivity index (χ4v) is 8.45. The number of hydrogen-bond acceptors (Lipinski definition) is 10. The fraction of sp³-hybridized carbons (Fsp3) is 0.356. The SMILES string of the molecule is COc1nc(-c2cccc(-c3cccc(-c4ccn5c(=O)c(C)c(CN(C[C@H]6CCC(=O)N6)C(=O)OC(C)(C)C)nc5c4)c3Cl)c2Cl)ccc1CC(OC(N)=O)[C@@H]1CCC(=O)N1. The smallest absolute Gasteiger partial charge is 0.410 e. The van der Waals surface area contributed by atoms with Gasteiger partial charge in [0.05, 0.1) is 41.1 Å². The average Bonchev–Trinajstić information content (AvgIpc) is 3.85. The highest BCUT2D eigenvalue weighted by atomic mass is 35.5. The van der Waals surface area contributed by atoms with Gasteiger partial charge < -0.3 is 35.5 Å². The Hall–Kier alpha value is -6.19. The van der Waals surface area contributed by atoms with Crippen molar-refractivity contribution in [3.63, 3.8) is 0 Å². The number of nitrogens with two attached hydrogens (primary N) is 1. The van der Waals surface area contributed by atoms with Crippen molar-refractivity contribution in [3.8, 4) is 39.4 Å². The summed E-state index contributed by atoms with van der Waals surface area (Å²) in [6.07, 6.45) is 1.35. The molecule has 5 aromatic rings. The van der Waals surface area contributed by atoms with Crippen molar-refractivity contribution < 1.29 is 33.4 Å². The number of amides is 4. The molecule has 1 unspecified atom stereocenters. The summed E-state index contributed by atoms with van der Waals surface area (Å²) >= 11 is 14.4. The van der Waals surface area contributed by atoms with Crippen LogP contribution in [0.3, 0.4) is 0 Å². The summed E-state index contributed by atoms with van der Waals surface area (Å²) in [6, 6.07) is 17.6. The molecule has 62 heavy (non-hydrogen) atoms. The van der Waals surface area contributed by atoms with Crippen molar-refractivity contribution in [3.05, 3.63) is 104 Å². The minimum Gasteiger partial charge on any atom is -0.481 e. The van der Waals surface area contributed by atoms with Crippen LogP contribution in [0.4, 0.5) is 9.59 Å². The van der Waals surface area contributed by atoms with Crippen LogP contribution >= 0.6 is 23.2 Å². The van der Waals surface area contributed by atoms with E-state index in [4.69, 9.17) is 53.1 Å². The highest BCUT2D eigenvalue weighted by Crippen LogP contribution is 2.42. The van der Waals surface area contributed by atoms with Gasteiger partial charge in [0.15, 0.2) is 0 Å². The lowest BCUT2D eigenvalue weighted by Crippen LogP contribution is -2.44. The maximum absolute atomic E-state index is 13.7. The number of carbonyl (C=O) groups excluding carboxylic acids is 4. The van der Waals surface area contributed by atoms with Crippen LogP contribution in [0.5, 0.6) is 5.88 Å². The lowest BCUT2D eigenvalue weighted by molar-refractivity contribution is -0.120. The third kappa shape index (κ3) is 9.63. The van der Waals surface area contributed by atoms with Gasteiger partial charge in [-0.15, -0.1) is 0 Å². The second-order valence-electron chi connectivity index (χ2n) is 16.4. The van der Waals surface area contributed by atoms with Crippen molar-refractivity contribution in [1.82, 2.24) is 29.9 Å². The van der Waals surface area contributed by atoms with E-state index in [0.29, 0.717) is 91.7 Å². The highest BCUT2D eigenvalue weighted by molar-refractivity contribution is 6.39. The molecule has 0 spiro atoms. The number of pyridine rings is 2. The predicted octanol–water partition coefficient (Wildman–Crippen LogP) is 7.02. The van der Waals surface area contributed by atoms with Crippen LogP contribution in [-0.4, -0.2) is 80.7 Å². The van der Waals surface area contributed by atoms with Crippen molar-refractivity contribution in [2.24, 2.45) is 5.73 Å². The zero-order valence-electron chi connectivity index (χ0n) is 34.9. The number of benzene rings is 2. The first-order valence-corrected chi connectivity index (χ1v) is 20.9. The van der Waals surface area contributed by atoms with E-state index in [0.717, 1.165) is 0 Å². The van der Waals surface area contributed by atoms with Gasteiger partial charge in [0.2, 0.25) is 17.7 Å². The number of nitrogens with one attached hydrogen (secondary N) is 2. The molecule has 0 bridgehead atoms. The molecule has 2 aliphatic rings. The largest absolute Gasteiger partial charge is 0.481 e. The first-order valence-electron chi connectivity index (χ1n) is 20.2. The monoisotopic (exact) mass is 883 g/mol. The molecular formula is C45H47Cl2N7O8. The molecule has 7 rings (SSSR count). The Morgan fingerprint density at radius 2 is 1.58 bits per heavy atom. The number of rotatable bonds is 12. The molecule has 324 valence electrons. The quantitative estimate of drug-likeness (QED) is 0.117. The van der Waals surface area contributed by atoms with Crippen molar-refractivity contribution in [1.29, 1.82) is 0 Å². The lowest BCUT2D eigenvalue weighted by atomic mass is 9.96. The number of aromatic nitrogens is 3. The molecule has 2 saturated heterocycles. The second-order valence-corrected chi connectivity index (χ2v) is 17.1. The zero-order chi connectivity index (χ0) is 44.5. The summed E-state index contributed by atoms with van der Waals surface area (Å²) in [5.41, 5.74) is 9.80. The minimum absolute atomic E-state index is 0.0119. The normalized spacial score (nSPS) is 16.8. The van der Waals surface area contributed by atoms with Gasteiger partial charge in [-0.2, -0.15) is 0 Å². The molecule has 0 aliphatic carbocycles. The standard InChI is InChI=1S/C45H47Cl2N7O8/c1-24-34(23-53(44(59)62-45(2,3)4)22-27-13-16-37(55)49-27)50-36-21-25(18-19-54(36)42(24)57)28-8-6-9-29(39(28)46)30-10-7-11-31(40(30)47)32-14-12-26(41(52-32)60-5)20-35(61-43(48)58)33-15-17-38(56)51-33/h6-12,14,18-19,21,27,33,35H,13,15-17,20,22-23H2,1-5H3,(H2,48,58)(H,49,55)(H,51,56)/t27-,33+,35?/m1/s1. The molecule has 2 aliphatic heterocycles. The third-order valence-electron chi connectivity index (χ3n) is 10.8. The van der Waals surface area contributed by atoms with E-state index < -0.39 is 29.9 Å². The van der Waals surface area contributed by atoms with E-state index in [9.17, 15) is 24.0 Å². The van der Waals surface area contributed by atoms with Gasteiger partial charge in [-0.3, -0.25) is 18.8 Å². The maximum atomic E-state index is 13.7. The zero-order valence-corrected chi connectivity index (χ0v) is 36.4. The number of fused-ring (bicyclic) bond motifs is 1. The molecule has 15 nitrogen and oxygen atoms in total. The summed E-state index contributed by atoms with van der Waals surface area (Å²) < 4.78 is 18.2. The van der Waals surface area contributed by atoms with Crippen molar-refractivity contribution in [2.45, 2.75) is 90.1 Å². The van der Waals surface area contributed by atoms with Gasteiger partial charge in [-0.25, -0.2) is 19.6 Å².